The minimum absolute atomic E-state index is 0.0444. The third-order valence-electron chi connectivity index (χ3n) is 2.83. The number of amides is 1. The molecule has 4 nitrogen and oxygen atoms in total. The van der Waals surface area contributed by atoms with Crippen molar-refractivity contribution in [2.75, 3.05) is 13.2 Å². The Bertz CT molecular complexity index is 203. The van der Waals surface area contributed by atoms with Crippen LogP contribution in [0.5, 0.6) is 0 Å². The third-order valence-corrected chi connectivity index (χ3v) is 2.83. The molecule has 3 N–H and O–H groups in total. The molecule has 1 aliphatic heterocycles. The van der Waals surface area contributed by atoms with Crippen molar-refractivity contribution in [1.29, 1.82) is 0 Å². The number of carbonyl (C=O) groups is 1. The van der Waals surface area contributed by atoms with Gasteiger partial charge in [0.25, 0.3) is 0 Å². The van der Waals surface area contributed by atoms with Gasteiger partial charge in [0.2, 0.25) is 5.91 Å². The number of hydrogen-bond acceptors (Lipinski definition) is 3. The first-order valence-corrected chi connectivity index (χ1v) is 5.75. The van der Waals surface area contributed by atoms with Gasteiger partial charge in [-0.3, -0.25) is 4.79 Å². The monoisotopic (exact) mass is 214 g/mol. The predicted octanol–water partition coefficient (Wildman–Crippen LogP) is 0.655. The highest BCUT2D eigenvalue weighted by atomic mass is 16.5. The number of nitrogens with one attached hydrogen (secondary N) is 1. The van der Waals surface area contributed by atoms with Gasteiger partial charge in [0, 0.05) is 25.1 Å². The minimum Gasteiger partial charge on any atom is -0.378 e. The molecule has 1 heterocycles. The molecule has 0 spiro atoms. The minimum atomic E-state index is -0.100. The molecular formula is C11H22N2O2. The molecular weight excluding hydrogens is 192 g/mol. The smallest absolute Gasteiger partial charge is 0.224 e. The summed E-state index contributed by atoms with van der Waals surface area (Å²) in [6.07, 6.45) is 3.49. The van der Waals surface area contributed by atoms with Crippen molar-refractivity contribution >= 4 is 5.91 Å². The first-order chi connectivity index (χ1) is 7.13. The standard InChI is InChI=1S/C11H22N2O2/c1-8(7-12)11(14)13-9(2)6-10-4-3-5-15-10/h8-10H,3-7,12H2,1-2H3,(H,13,14). The van der Waals surface area contributed by atoms with Crippen molar-refractivity contribution in [3.63, 3.8) is 0 Å². The number of ether oxygens (including phenoxy) is 1. The molecule has 3 unspecified atom stereocenters. The molecule has 3 atom stereocenters. The lowest BCUT2D eigenvalue weighted by Gasteiger charge is -2.19. The number of nitrogens with two attached hydrogens (primary N) is 1. The highest BCUT2D eigenvalue weighted by molar-refractivity contribution is 5.78. The lowest BCUT2D eigenvalue weighted by Crippen LogP contribution is -2.40. The van der Waals surface area contributed by atoms with Crippen molar-refractivity contribution in [1.82, 2.24) is 5.32 Å². The van der Waals surface area contributed by atoms with E-state index in [1.807, 2.05) is 13.8 Å². The Morgan fingerprint density at radius 3 is 2.87 bits per heavy atom. The van der Waals surface area contributed by atoms with E-state index in [1.54, 1.807) is 0 Å². The average Bonchev–Trinajstić information content (AvgIpc) is 2.68. The molecule has 0 saturated carbocycles. The summed E-state index contributed by atoms with van der Waals surface area (Å²) in [5.41, 5.74) is 5.43. The average molecular weight is 214 g/mol. The van der Waals surface area contributed by atoms with Gasteiger partial charge in [0.15, 0.2) is 0 Å². The van der Waals surface area contributed by atoms with E-state index in [0.29, 0.717) is 12.6 Å². The molecule has 4 heteroatoms. The van der Waals surface area contributed by atoms with Crippen molar-refractivity contribution in [3.05, 3.63) is 0 Å². The van der Waals surface area contributed by atoms with Gasteiger partial charge in [0.05, 0.1) is 6.10 Å². The molecule has 0 aliphatic carbocycles. The molecule has 1 aliphatic rings. The Kier molecular flexibility index (Phi) is 5.05. The number of rotatable bonds is 5. The SMILES string of the molecule is CC(CC1CCCO1)NC(=O)C(C)CN. The van der Waals surface area contributed by atoms with Crippen molar-refractivity contribution in [2.24, 2.45) is 11.7 Å². The summed E-state index contributed by atoms with van der Waals surface area (Å²) in [4.78, 5) is 11.5. The van der Waals surface area contributed by atoms with Crippen LogP contribution in [0.3, 0.4) is 0 Å². The second kappa shape index (κ2) is 6.08. The Balaban J connectivity index is 2.22. The van der Waals surface area contributed by atoms with Crippen LogP contribution in [0.1, 0.15) is 33.1 Å². The lowest BCUT2D eigenvalue weighted by atomic mass is 10.1. The number of carbonyl (C=O) groups excluding carboxylic acids is 1. The molecule has 0 radical (unpaired) electrons. The van der Waals surface area contributed by atoms with Crippen LogP contribution in [0, 0.1) is 5.92 Å². The van der Waals surface area contributed by atoms with Gasteiger partial charge in [-0.15, -0.1) is 0 Å². The van der Waals surface area contributed by atoms with Crippen LogP contribution in [0.2, 0.25) is 0 Å². The van der Waals surface area contributed by atoms with Gasteiger partial charge >= 0.3 is 0 Å². The maximum absolute atomic E-state index is 11.5. The fraction of sp³-hybridized carbons (Fsp3) is 0.909. The van der Waals surface area contributed by atoms with E-state index < -0.39 is 0 Å². The summed E-state index contributed by atoms with van der Waals surface area (Å²) in [5.74, 6) is -0.0556. The summed E-state index contributed by atoms with van der Waals surface area (Å²) in [5, 5.41) is 2.96. The molecule has 1 saturated heterocycles. The molecule has 0 aromatic rings. The topological polar surface area (TPSA) is 64.3 Å². The van der Waals surface area contributed by atoms with E-state index >= 15 is 0 Å². The first kappa shape index (κ1) is 12.5. The molecule has 1 amide bonds. The van der Waals surface area contributed by atoms with Gasteiger partial charge < -0.3 is 15.8 Å². The highest BCUT2D eigenvalue weighted by Gasteiger charge is 2.20. The zero-order chi connectivity index (χ0) is 11.3. The first-order valence-electron chi connectivity index (χ1n) is 5.75. The summed E-state index contributed by atoms with van der Waals surface area (Å²) >= 11 is 0. The van der Waals surface area contributed by atoms with Gasteiger partial charge in [0.1, 0.15) is 0 Å². The normalized spacial score (nSPS) is 24.9. The van der Waals surface area contributed by atoms with Gasteiger partial charge in [-0.25, -0.2) is 0 Å². The molecule has 88 valence electrons. The molecule has 1 fully saturated rings. The second-order valence-corrected chi connectivity index (χ2v) is 4.42. The van der Waals surface area contributed by atoms with Crippen molar-refractivity contribution < 1.29 is 9.53 Å². The zero-order valence-electron chi connectivity index (χ0n) is 9.66. The van der Waals surface area contributed by atoms with Crippen molar-refractivity contribution in [3.8, 4) is 0 Å². The lowest BCUT2D eigenvalue weighted by molar-refractivity contribution is -0.125. The fourth-order valence-corrected chi connectivity index (χ4v) is 1.78. The van der Waals surface area contributed by atoms with E-state index in [1.165, 1.54) is 0 Å². The Labute approximate surface area is 91.5 Å². The quantitative estimate of drug-likeness (QED) is 0.706. The molecule has 0 bridgehead atoms. The third kappa shape index (κ3) is 4.18. The van der Waals surface area contributed by atoms with Crippen LogP contribution < -0.4 is 11.1 Å². The van der Waals surface area contributed by atoms with Crippen LogP contribution in [-0.2, 0) is 9.53 Å². The summed E-state index contributed by atoms with van der Waals surface area (Å²) in [6, 6.07) is 0.176. The van der Waals surface area contributed by atoms with Gasteiger partial charge in [-0.1, -0.05) is 6.92 Å². The Morgan fingerprint density at radius 2 is 2.33 bits per heavy atom. The van der Waals surface area contributed by atoms with Crippen LogP contribution >= 0.6 is 0 Å². The van der Waals surface area contributed by atoms with E-state index in [-0.39, 0.29) is 17.9 Å². The van der Waals surface area contributed by atoms with Crippen LogP contribution in [-0.4, -0.2) is 31.2 Å². The molecule has 1 rings (SSSR count). The van der Waals surface area contributed by atoms with E-state index in [0.717, 1.165) is 25.9 Å². The van der Waals surface area contributed by atoms with E-state index in [9.17, 15) is 4.79 Å². The largest absolute Gasteiger partial charge is 0.378 e. The maximum atomic E-state index is 11.5. The Hall–Kier alpha value is -0.610. The second-order valence-electron chi connectivity index (χ2n) is 4.42. The van der Waals surface area contributed by atoms with Crippen molar-refractivity contribution in [2.45, 2.75) is 45.3 Å². The fourth-order valence-electron chi connectivity index (χ4n) is 1.78. The highest BCUT2D eigenvalue weighted by Crippen LogP contribution is 2.16. The summed E-state index contributed by atoms with van der Waals surface area (Å²) < 4.78 is 5.52. The molecule has 15 heavy (non-hydrogen) atoms. The number of hydrogen-bond donors (Lipinski definition) is 2. The van der Waals surface area contributed by atoms with E-state index in [2.05, 4.69) is 5.32 Å². The molecule has 0 aromatic carbocycles. The van der Waals surface area contributed by atoms with Crippen LogP contribution in [0.15, 0.2) is 0 Å². The van der Waals surface area contributed by atoms with E-state index in [4.69, 9.17) is 10.5 Å². The van der Waals surface area contributed by atoms with Crippen LogP contribution in [0.4, 0.5) is 0 Å². The molecule has 0 aromatic heterocycles. The van der Waals surface area contributed by atoms with Gasteiger partial charge in [-0.2, -0.15) is 0 Å². The Morgan fingerprint density at radius 1 is 1.60 bits per heavy atom. The van der Waals surface area contributed by atoms with Crippen LogP contribution in [0.25, 0.3) is 0 Å². The zero-order valence-corrected chi connectivity index (χ0v) is 9.66. The predicted molar refractivity (Wildman–Crippen MR) is 59.4 cm³/mol. The summed E-state index contributed by atoms with van der Waals surface area (Å²) in [7, 11) is 0. The van der Waals surface area contributed by atoms with Gasteiger partial charge in [-0.05, 0) is 26.2 Å². The maximum Gasteiger partial charge on any atom is 0.224 e. The summed E-state index contributed by atoms with van der Waals surface area (Å²) in [6.45, 7) is 5.12.